The minimum Gasteiger partial charge on any atom is -0.493 e. The van der Waals surface area contributed by atoms with E-state index in [-0.39, 0.29) is 0 Å². The molecule has 0 saturated heterocycles. The smallest absolute Gasteiger partial charge is 0.203 e. The minimum atomic E-state index is 0.517. The maximum Gasteiger partial charge on any atom is 0.203 e. The van der Waals surface area contributed by atoms with Crippen molar-refractivity contribution in [2.75, 3.05) is 41.5 Å². The summed E-state index contributed by atoms with van der Waals surface area (Å²) in [6, 6.07) is 12.1. The number of nitrogens with zero attached hydrogens (tertiary/aromatic N) is 1. The predicted octanol–water partition coefficient (Wildman–Crippen LogP) is 3.65. The Balaban J connectivity index is 1.85. The summed E-state index contributed by atoms with van der Waals surface area (Å²) < 4.78 is 21.9. The van der Waals surface area contributed by atoms with Crippen molar-refractivity contribution in [2.24, 2.45) is 10.9 Å². The lowest BCUT2D eigenvalue weighted by atomic mass is 10.1. The Kier molecular flexibility index (Phi) is 9.81. The molecule has 0 bridgehead atoms. The second kappa shape index (κ2) is 12.6. The first-order valence-corrected chi connectivity index (χ1v) is 10.5. The highest BCUT2D eigenvalue weighted by molar-refractivity contribution is 5.79. The van der Waals surface area contributed by atoms with Crippen molar-refractivity contribution >= 4 is 5.96 Å². The summed E-state index contributed by atoms with van der Waals surface area (Å²) in [6.45, 7) is 6.35. The molecular formula is C24H35N3O4. The molecule has 0 aliphatic heterocycles. The molecule has 7 heteroatoms. The van der Waals surface area contributed by atoms with Crippen LogP contribution in [0.15, 0.2) is 41.4 Å². The molecule has 170 valence electrons. The Bertz CT molecular complexity index is 810. The fraction of sp³-hybridized carbons (Fsp3) is 0.458. The van der Waals surface area contributed by atoms with Gasteiger partial charge in [-0.15, -0.1) is 0 Å². The average molecular weight is 430 g/mol. The summed E-state index contributed by atoms with van der Waals surface area (Å²) in [7, 11) is 6.57. The van der Waals surface area contributed by atoms with Gasteiger partial charge in [0.05, 0.1) is 27.9 Å². The van der Waals surface area contributed by atoms with Crippen LogP contribution in [0.3, 0.4) is 0 Å². The molecule has 2 aromatic rings. The first kappa shape index (κ1) is 24.2. The molecule has 0 radical (unpaired) electrons. The molecule has 31 heavy (non-hydrogen) atoms. The summed E-state index contributed by atoms with van der Waals surface area (Å²) in [6.07, 6.45) is 0.884. The molecule has 7 nitrogen and oxygen atoms in total. The third kappa shape index (κ3) is 7.59. The van der Waals surface area contributed by atoms with Crippen LogP contribution in [0.25, 0.3) is 0 Å². The number of rotatable bonds is 11. The molecule has 0 aromatic heterocycles. The van der Waals surface area contributed by atoms with Crippen molar-refractivity contribution in [3.8, 4) is 23.0 Å². The normalized spacial score (nSPS) is 11.3. The van der Waals surface area contributed by atoms with E-state index in [1.54, 1.807) is 28.4 Å². The van der Waals surface area contributed by atoms with E-state index in [0.29, 0.717) is 29.7 Å². The quantitative estimate of drug-likeness (QED) is 0.420. The molecule has 0 atom stereocenters. The van der Waals surface area contributed by atoms with Gasteiger partial charge in [0.1, 0.15) is 5.75 Å². The Morgan fingerprint density at radius 3 is 2.06 bits per heavy atom. The number of benzene rings is 2. The molecule has 0 aliphatic rings. The summed E-state index contributed by atoms with van der Waals surface area (Å²) in [5.74, 6) is 3.99. The molecule has 2 N–H and O–H groups in total. The monoisotopic (exact) mass is 429 g/mol. The van der Waals surface area contributed by atoms with E-state index in [9.17, 15) is 0 Å². The number of methoxy groups -OCH3 is 3. The van der Waals surface area contributed by atoms with Crippen molar-refractivity contribution in [3.63, 3.8) is 0 Å². The summed E-state index contributed by atoms with van der Waals surface area (Å²) in [5, 5.41) is 6.66. The fourth-order valence-electron chi connectivity index (χ4n) is 2.98. The summed E-state index contributed by atoms with van der Waals surface area (Å²) in [5.41, 5.74) is 2.24. The largest absolute Gasteiger partial charge is 0.493 e. The Labute approximate surface area is 185 Å². The lowest BCUT2D eigenvalue weighted by Crippen LogP contribution is -2.37. The summed E-state index contributed by atoms with van der Waals surface area (Å²) in [4.78, 5) is 4.30. The van der Waals surface area contributed by atoms with Crippen molar-refractivity contribution < 1.29 is 18.9 Å². The van der Waals surface area contributed by atoms with E-state index in [0.717, 1.165) is 36.8 Å². The van der Waals surface area contributed by atoms with Crippen molar-refractivity contribution in [2.45, 2.75) is 26.8 Å². The number of aliphatic imine (C=N–C) groups is 1. The van der Waals surface area contributed by atoms with E-state index < -0.39 is 0 Å². The Hall–Kier alpha value is -3.09. The molecule has 0 heterocycles. The highest BCUT2D eigenvalue weighted by Gasteiger charge is 2.13. The van der Waals surface area contributed by atoms with Crippen LogP contribution in [0.5, 0.6) is 23.0 Å². The number of guanidine groups is 1. The van der Waals surface area contributed by atoms with Crippen LogP contribution < -0.4 is 29.6 Å². The van der Waals surface area contributed by atoms with Gasteiger partial charge in [-0.25, -0.2) is 0 Å². The lowest BCUT2D eigenvalue weighted by molar-refractivity contribution is 0.271. The second-order valence-electron chi connectivity index (χ2n) is 7.48. The molecule has 0 unspecified atom stereocenters. The minimum absolute atomic E-state index is 0.517. The first-order chi connectivity index (χ1) is 15.0. The molecular weight excluding hydrogens is 394 g/mol. The van der Waals surface area contributed by atoms with Crippen LogP contribution >= 0.6 is 0 Å². The zero-order valence-corrected chi connectivity index (χ0v) is 19.5. The van der Waals surface area contributed by atoms with E-state index in [1.807, 2.05) is 24.3 Å². The zero-order chi connectivity index (χ0) is 22.6. The van der Waals surface area contributed by atoms with Gasteiger partial charge in [-0.1, -0.05) is 26.0 Å². The van der Waals surface area contributed by atoms with Gasteiger partial charge in [0.2, 0.25) is 5.75 Å². The molecule has 0 amide bonds. The standard InChI is InChI=1S/C24H35N3O4/c1-17(2)16-31-20-9-7-18(8-10-20)11-12-26-24(25-3)27-15-19-13-21(28-4)23(30-6)22(14-19)29-5/h7-10,13-14,17H,11-12,15-16H2,1-6H3,(H2,25,26,27). The topological polar surface area (TPSA) is 73.3 Å². The third-order valence-electron chi connectivity index (χ3n) is 4.62. The number of ether oxygens (including phenoxy) is 4. The molecule has 0 fully saturated rings. The number of nitrogens with one attached hydrogen (secondary N) is 2. The summed E-state index contributed by atoms with van der Waals surface area (Å²) >= 11 is 0. The van der Waals surface area contributed by atoms with Crippen molar-refractivity contribution in [1.29, 1.82) is 0 Å². The van der Waals surface area contributed by atoms with Crippen LogP contribution in [-0.2, 0) is 13.0 Å². The van der Waals surface area contributed by atoms with Gasteiger partial charge in [0, 0.05) is 20.1 Å². The number of hydrogen-bond donors (Lipinski definition) is 2. The van der Waals surface area contributed by atoms with Gasteiger partial charge in [-0.05, 0) is 47.7 Å². The zero-order valence-electron chi connectivity index (χ0n) is 19.5. The van der Waals surface area contributed by atoms with Crippen LogP contribution in [0.1, 0.15) is 25.0 Å². The number of hydrogen-bond acceptors (Lipinski definition) is 5. The average Bonchev–Trinajstić information content (AvgIpc) is 2.79. The van der Waals surface area contributed by atoms with Crippen LogP contribution in [0.2, 0.25) is 0 Å². The van der Waals surface area contributed by atoms with E-state index in [1.165, 1.54) is 5.56 Å². The van der Waals surface area contributed by atoms with Gasteiger partial charge in [0.25, 0.3) is 0 Å². The van der Waals surface area contributed by atoms with Gasteiger partial charge < -0.3 is 29.6 Å². The maximum absolute atomic E-state index is 5.73. The highest BCUT2D eigenvalue weighted by Crippen LogP contribution is 2.38. The van der Waals surface area contributed by atoms with Crippen LogP contribution in [0.4, 0.5) is 0 Å². The van der Waals surface area contributed by atoms with Gasteiger partial charge in [-0.2, -0.15) is 0 Å². The van der Waals surface area contributed by atoms with Crippen LogP contribution in [0, 0.1) is 5.92 Å². The van der Waals surface area contributed by atoms with Crippen LogP contribution in [-0.4, -0.2) is 47.5 Å². The van der Waals surface area contributed by atoms with E-state index in [4.69, 9.17) is 18.9 Å². The van der Waals surface area contributed by atoms with E-state index in [2.05, 4.69) is 41.6 Å². The Morgan fingerprint density at radius 2 is 1.55 bits per heavy atom. The predicted molar refractivity (Wildman–Crippen MR) is 125 cm³/mol. The third-order valence-corrected chi connectivity index (χ3v) is 4.62. The molecule has 0 aliphatic carbocycles. The van der Waals surface area contributed by atoms with Crippen molar-refractivity contribution in [3.05, 3.63) is 47.5 Å². The highest BCUT2D eigenvalue weighted by atomic mass is 16.5. The molecule has 2 rings (SSSR count). The van der Waals surface area contributed by atoms with Gasteiger partial charge in [0.15, 0.2) is 17.5 Å². The maximum atomic E-state index is 5.73. The van der Waals surface area contributed by atoms with Gasteiger partial charge >= 0.3 is 0 Å². The molecule has 0 saturated carbocycles. The SMILES string of the molecule is CN=C(NCCc1ccc(OCC(C)C)cc1)NCc1cc(OC)c(OC)c(OC)c1. The van der Waals surface area contributed by atoms with E-state index >= 15 is 0 Å². The molecule has 0 spiro atoms. The Morgan fingerprint density at radius 1 is 0.903 bits per heavy atom. The first-order valence-electron chi connectivity index (χ1n) is 10.5. The van der Waals surface area contributed by atoms with Crippen molar-refractivity contribution in [1.82, 2.24) is 10.6 Å². The van der Waals surface area contributed by atoms with Gasteiger partial charge in [-0.3, -0.25) is 4.99 Å². The lowest BCUT2D eigenvalue weighted by Gasteiger charge is -2.16. The fourth-order valence-corrected chi connectivity index (χ4v) is 2.98. The molecule has 2 aromatic carbocycles. The second-order valence-corrected chi connectivity index (χ2v) is 7.48.